The van der Waals surface area contributed by atoms with Crippen LogP contribution in [-0.2, 0) is 6.54 Å². The Balaban J connectivity index is 0.00000121. The predicted molar refractivity (Wildman–Crippen MR) is 91.7 cm³/mol. The van der Waals surface area contributed by atoms with Gasteiger partial charge in [-0.2, -0.15) is 9.97 Å². The Kier molecular flexibility index (Phi) is 7.12. The van der Waals surface area contributed by atoms with E-state index in [1.54, 1.807) is 7.11 Å². The Morgan fingerprint density at radius 3 is 2.59 bits per heavy atom. The van der Waals surface area contributed by atoms with Crippen LogP contribution in [-0.4, -0.2) is 52.8 Å². The summed E-state index contributed by atoms with van der Waals surface area (Å²) in [7, 11) is 1.60. The molecule has 2 aromatic heterocycles. The van der Waals surface area contributed by atoms with Crippen LogP contribution in [0, 0.1) is 0 Å². The topological polar surface area (TPSA) is 68.1 Å². The monoisotopic (exact) mass is 348 g/mol. The van der Waals surface area contributed by atoms with Crippen LogP contribution in [0.4, 0.5) is 5.82 Å². The number of aromatic nitrogens is 4. The molecule has 1 fully saturated rings. The molecule has 0 radical (unpaired) electrons. The number of hydrogen-bond donors (Lipinski definition) is 1. The highest BCUT2D eigenvalue weighted by molar-refractivity contribution is 5.85. The van der Waals surface area contributed by atoms with E-state index < -0.39 is 0 Å². The molecular formula is C13H22Cl2N6O. The minimum absolute atomic E-state index is 0. The lowest BCUT2D eigenvalue weighted by atomic mass is 10.3. The molecule has 0 saturated carbocycles. The second-order valence-electron chi connectivity index (χ2n) is 4.88. The standard InChI is InChI=1S/C13H20N6O.2ClH/c1-3-6-19-9-15-10-11(18-7-4-14-5-8-18)16-13(20-2)17-12(10)19;;/h9,14H,3-8H2,1-2H3;2*1H. The van der Waals surface area contributed by atoms with E-state index in [-0.39, 0.29) is 24.8 Å². The number of anilines is 1. The fraction of sp³-hybridized carbons (Fsp3) is 0.615. The zero-order valence-electron chi connectivity index (χ0n) is 12.8. The maximum atomic E-state index is 5.25. The van der Waals surface area contributed by atoms with Crippen molar-refractivity contribution in [3.05, 3.63) is 6.33 Å². The van der Waals surface area contributed by atoms with Gasteiger partial charge in [0.05, 0.1) is 13.4 Å². The summed E-state index contributed by atoms with van der Waals surface area (Å²) in [6, 6.07) is 0.406. The molecule has 1 saturated heterocycles. The van der Waals surface area contributed by atoms with Gasteiger partial charge in [0.1, 0.15) is 0 Å². The first-order valence-electron chi connectivity index (χ1n) is 7.06. The number of ether oxygens (including phenoxy) is 1. The van der Waals surface area contributed by atoms with E-state index >= 15 is 0 Å². The Morgan fingerprint density at radius 2 is 1.95 bits per heavy atom. The highest BCUT2D eigenvalue weighted by Gasteiger charge is 2.20. The molecule has 22 heavy (non-hydrogen) atoms. The summed E-state index contributed by atoms with van der Waals surface area (Å²) in [5, 5.41) is 3.34. The lowest BCUT2D eigenvalue weighted by Gasteiger charge is -2.28. The van der Waals surface area contributed by atoms with Gasteiger partial charge in [-0.25, -0.2) is 4.98 Å². The third-order valence-electron chi connectivity index (χ3n) is 3.49. The van der Waals surface area contributed by atoms with Crippen molar-refractivity contribution in [2.24, 2.45) is 0 Å². The first kappa shape index (κ1) is 18.7. The van der Waals surface area contributed by atoms with Crippen LogP contribution in [0.1, 0.15) is 13.3 Å². The summed E-state index contributed by atoms with van der Waals surface area (Å²) < 4.78 is 7.31. The highest BCUT2D eigenvalue weighted by atomic mass is 35.5. The largest absolute Gasteiger partial charge is 0.467 e. The van der Waals surface area contributed by atoms with Crippen LogP contribution in [0.2, 0.25) is 0 Å². The van der Waals surface area contributed by atoms with Crippen molar-refractivity contribution in [1.29, 1.82) is 0 Å². The van der Waals surface area contributed by atoms with Gasteiger partial charge in [-0.05, 0) is 6.42 Å². The fourth-order valence-electron chi connectivity index (χ4n) is 2.50. The summed E-state index contributed by atoms with van der Waals surface area (Å²) in [5.41, 5.74) is 1.72. The van der Waals surface area contributed by atoms with Gasteiger partial charge >= 0.3 is 6.01 Å². The predicted octanol–water partition coefficient (Wildman–Crippen LogP) is 1.50. The molecule has 9 heteroatoms. The molecule has 0 atom stereocenters. The van der Waals surface area contributed by atoms with E-state index in [4.69, 9.17) is 4.74 Å². The number of methoxy groups -OCH3 is 1. The summed E-state index contributed by atoms with van der Waals surface area (Å²) in [4.78, 5) is 15.7. The van der Waals surface area contributed by atoms with Crippen LogP contribution in [0.15, 0.2) is 6.33 Å². The van der Waals surface area contributed by atoms with Gasteiger partial charge in [0.2, 0.25) is 0 Å². The third kappa shape index (κ3) is 3.53. The van der Waals surface area contributed by atoms with Gasteiger partial charge < -0.3 is 19.5 Å². The van der Waals surface area contributed by atoms with Crippen molar-refractivity contribution in [2.75, 3.05) is 38.2 Å². The number of halogens is 2. The second-order valence-corrected chi connectivity index (χ2v) is 4.88. The summed E-state index contributed by atoms with van der Waals surface area (Å²) >= 11 is 0. The van der Waals surface area contributed by atoms with E-state index in [9.17, 15) is 0 Å². The molecule has 0 amide bonds. The van der Waals surface area contributed by atoms with E-state index in [0.717, 1.165) is 56.1 Å². The Morgan fingerprint density at radius 1 is 1.23 bits per heavy atom. The Hall–Kier alpha value is -1.31. The maximum absolute atomic E-state index is 5.25. The SMILES string of the molecule is CCCn1cnc2c(N3CCNCC3)nc(OC)nc21.Cl.Cl. The first-order valence-corrected chi connectivity index (χ1v) is 7.06. The number of piperazine rings is 1. The lowest BCUT2D eigenvalue weighted by molar-refractivity contribution is 0.380. The molecule has 0 aromatic carbocycles. The lowest BCUT2D eigenvalue weighted by Crippen LogP contribution is -2.44. The minimum Gasteiger partial charge on any atom is -0.467 e. The molecule has 1 aliphatic rings. The summed E-state index contributed by atoms with van der Waals surface area (Å²) in [6.07, 6.45) is 2.88. The molecule has 7 nitrogen and oxygen atoms in total. The Bertz CT molecular complexity index is 599. The van der Waals surface area contributed by atoms with Crippen molar-refractivity contribution < 1.29 is 4.74 Å². The third-order valence-corrected chi connectivity index (χ3v) is 3.49. The van der Waals surface area contributed by atoms with E-state index in [0.29, 0.717) is 6.01 Å². The molecule has 124 valence electrons. The molecule has 1 N–H and O–H groups in total. The molecule has 3 heterocycles. The van der Waals surface area contributed by atoms with Crippen molar-refractivity contribution in [2.45, 2.75) is 19.9 Å². The number of imidazole rings is 1. The van der Waals surface area contributed by atoms with Crippen molar-refractivity contribution in [3.63, 3.8) is 0 Å². The molecule has 0 spiro atoms. The van der Waals surface area contributed by atoms with E-state index in [2.05, 4.69) is 36.7 Å². The van der Waals surface area contributed by atoms with E-state index in [1.807, 2.05) is 6.33 Å². The molecule has 1 aliphatic heterocycles. The number of aryl methyl sites for hydroxylation is 1. The Labute approximate surface area is 142 Å². The van der Waals surface area contributed by atoms with Crippen molar-refractivity contribution in [3.8, 4) is 6.01 Å². The van der Waals surface area contributed by atoms with Crippen LogP contribution in [0.3, 0.4) is 0 Å². The van der Waals surface area contributed by atoms with Gasteiger partial charge in [0.15, 0.2) is 17.0 Å². The van der Waals surface area contributed by atoms with Crippen LogP contribution < -0.4 is 15.0 Å². The number of nitrogens with zero attached hydrogens (tertiary/aromatic N) is 5. The smallest absolute Gasteiger partial charge is 0.320 e. The normalized spacial score (nSPS) is 14.4. The summed E-state index contributed by atoms with van der Waals surface area (Å²) in [6.45, 7) is 6.82. The molecular weight excluding hydrogens is 327 g/mol. The van der Waals surface area contributed by atoms with Gasteiger partial charge in [0.25, 0.3) is 0 Å². The number of hydrogen-bond acceptors (Lipinski definition) is 6. The van der Waals surface area contributed by atoms with Gasteiger partial charge in [-0.3, -0.25) is 0 Å². The molecule has 3 rings (SSSR count). The average Bonchev–Trinajstić information content (AvgIpc) is 2.91. The number of rotatable bonds is 4. The minimum atomic E-state index is 0. The van der Waals surface area contributed by atoms with Crippen LogP contribution in [0.5, 0.6) is 6.01 Å². The second kappa shape index (κ2) is 8.36. The van der Waals surface area contributed by atoms with Gasteiger partial charge in [-0.15, -0.1) is 24.8 Å². The zero-order chi connectivity index (χ0) is 13.9. The molecule has 0 aliphatic carbocycles. The zero-order valence-corrected chi connectivity index (χ0v) is 14.4. The van der Waals surface area contributed by atoms with Crippen molar-refractivity contribution >= 4 is 41.8 Å². The first-order chi connectivity index (χ1) is 9.83. The van der Waals surface area contributed by atoms with Crippen LogP contribution in [0.25, 0.3) is 11.2 Å². The molecule has 0 bridgehead atoms. The van der Waals surface area contributed by atoms with Gasteiger partial charge in [0, 0.05) is 32.7 Å². The summed E-state index contributed by atoms with van der Waals surface area (Å²) in [5.74, 6) is 0.878. The van der Waals surface area contributed by atoms with Crippen LogP contribution >= 0.6 is 24.8 Å². The average molecular weight is 349 g/mol. The molecule has 2 aromatic rings. The van der Waals surface area contributed by atoms with Gasteiger partial charge in [-0.1, -0.05) is 6.92 Å². The van der Waals surface area contributed by atoms with E-state index in [1.165, 1.54) is 0 Å². The number of fused-ring (bicyclic) bond motifs is 1. The highest BCUT2D eigenvalue weighted by Crippen LogP contribution is 2.25. The molecule has 0 unspecified atom stereocenters. The maximum Gasteiger partial charge on any atom is 0.320 e. The van der Waals surface area contributed by atoms with Crippen molar-refractivity contribution in [1.82, 2.24) is 24.8 Å². The quantitative estimate of drug-likeness (QED) is 0.902. The fourth-order valence-corrected chi connectivity index (χ4v) is 2.50. The number of nitrogens with one attached hydrogen (secondary N) is 1.